The Morgan fingerprint density at radius 2 is 1.62 bits per heavy atom. The van der Waals surface area contributed by atoms with E-state index in [1.165, 1.54) is 24.2 Å². The van der Waals surface area contributed by atoms with Gasteiger partial charge in [-0.15, -0.1) is 0 Å². The SMILES string of the molecule is COc1cccc(NSc2ccc(Nc3cc4c(-c5ccc6c(cnn6CC(O)(C(F)(F)F)C(F)(F)F)c5C)nccc4cn3)cc2)n1. The molecule has 6 rings (SSSR count). The predicted octanol–water partition coefficient (Wildman–Crippen LogP) is 8.08. The summed E-state index contributed by atoms with van der Waals surface area (Å²) in [6.45, 7) is -0.186. The van der Waals surface area contributed by atoms with Crippen LogP contribution in [0.25, 0.3) is 32.9 Å². The van der Waals surface area contributed by atoms with Crippen LogP contribution in [0.1, 0.15) is 5.56 Å². The highest BCUT2D eigenvalue weighted by Gasteiger charge is 2.70. The van der Waals surface area contributed by atoms with Crippen LogP contribution in [-0.2, 0) is 6.54 Å². The molecule has 2 aromatic carbocycles. The van der Waals surface area contributed by atoms with Crippen LogP contribution in [0.2, 0.25) is 0 Å². The van der Waals surface area contributed by atoms with Gasteiger partial charge >= 0.3 is 12.4 Å². The summed E-state index contributed by atoms with van der Waals surface area (Å²) in [7, 11) is 1.55. The molecule has 4 heterocycles. The van der Waals surface area contributed by atoms with E-state index in [-0.39, 0.29) is 5.52 Å². The standard InChI is InChI=1S/C32H25F6N7O2S/c1-18-22(10-11-25-24(18)16-41-45(25)17-30(46,31(33,34)35)32(36,37)38)29-23-14-27(40-15-19(23)12-13-39-29)42-20-6-8-21(9-7-20)48-44-26-4-3-5-28(43-26)47-2/h3-16,46H,17H2,1-2H3,(H,40,42)(H,43,44). The lowest BCUT2D eigenvalue weighted by Gasteiger charge is -2.32. The van der Waals surface area contributed by atoms with Crippen LogP contribution in [0.3, 0.4) is 0 Å². The first-order chi connectivity index (χ1) is 22.8. The van der Waals surface area contributed by atoms with Crippen molar-refractivity contribution in [3.63, 3.8) is 0 Å². The molecule has 0 radical (unpaired) electrons. The third-order valence-corrected chi connectivity index (χ3v) is 8.47. The summed E-state index contributed by atoms with van der Waals surface area (Å²) in [5, 5.41) is 18.5. The maximum atomic E-state index is 13.4. The Hall–Kier alpha value is -5.09. The number of aliphatic hydroxyl groups is 1. The Kier molecular flexibility index (Phi) is 8.55. The molecule has 0 atom stereocenters. The van der Waals surface area contributed by atoms with Crippen molar-refractivity contribution in [3.05, 3.63) is 90.9 Å². The zero-order chi connectivity index (χ0) is 34.3. The quantitative estimate of drug-likeness (QED) is 0.103. The molecule has 3 N–H and O–H groups in total. The predicted molar refractivity (Wildman–Crippen MR) is 170 cm³/mol. The van der Waals surface area contributed by atoms with Gasteiger partial charge in [-0.3, -0.25) is 9.67 Å². The number of aromatic nitrogens is 5. The van der Waals surface area contributed by atoms with Crippen LogP contribution < -0.4 is 14.8 Å². The molecular weight excluding hydrogens is 660 g/mol. The monoisotopic (exact) mass is 685 g/mol. The summed E-state index contributed by atoms with van der Waals surface area (Å²) in [6.07, 6.45) is -7.53. The fourth-order valence-corrected chi connectivity index (χ4v) is 5.64. The first-order valence-electron chi connectivity index (χ1n) is 14.1. The lowest BCUT2D eigenvalue weighted by Crippen LogP contribution is -2.59. The van der Waals surface area contributed by atoms with Gasteiger partial charge in [0.15, 0.2) is 0 Å². The Morgan fingerprint density at radius 1 is 0.875 bits per heavy atom. The Morgan fingerprint density at radius 3 is 2.33 bits per heavy atom. The highest BCUT2D eigenvalue weighted by atomic mass is 32.2. The van der Waals surface area contributed by atoms with Crippen molar-refractivity contribution >= 4 is 50.9 Å². The highest BCUT2D eigenvalue weighted by Crippen LogP contribution is 2.44. The number of aryl methyl sites for hydroxylation is 1. The summed E-state index contributed by atoms with van der Waals surface area (Å²) < 4.78 is 89.0. The zero-order valence-corrected chi connectivity index (χ0v) is 25.9. The lowest BCUT2D eigenvalue weighted by molar-refractivity contribution is -0.372. The van der Waals surface area contributed by atoms with Crippen LogP contribution >= 0.6 is 11.9 Å². The summed E-state index contributed by atoms with van der Waals surface area (Å²) in [6, 6.07) is 19.5. The summed E-state index contributed by atoms with van der Waals surface area (Å²) in [5.74, 6) is 1.65. The van der Waals surface area contributed by atoms with Crippen LogP contribution in [0, 0.1) is 6.92 Å². The Bertz CT molecular complexity index is 2090. The fraction of sp³-hybridized carbons (Fsp3) is 0.188. The minimum atomic E-state index is -5.97. The first kappa shape index (κ1) is 32.8. The smallest absolute Gasteiger partial charge is 0.428 e. The molecule has 0 aliphatic heterocycles. The second-order valence-corrected chi connectivity index (χ2v) is 11.6. The van der Waals surface area contributed by atoms with Crippen molar-refractivity contribution in [3.8, 4) is 17.1 Å². The third-order valence-electron chi connectivity index (χ3n) is 7.65. The van der Waals surface area contributed by atoms with Gasteiger partial charge in [0.05, 0.1) is 31.1 Å². The molecule has 248 valence electrons. The number of benzene rings is 2. The largest absolute Gasteiger partial charge is 0.481 e. The molecule has 16 heteroatoms. The molecule has 0 unspecified atom stereocenters. The number of hydrogen-bond donors (Lipinski definition) is 3. The van der Waals surface area contributed by atoms with E-state index in [4.69, 9.17) is 4.74 Å². The second-order valence-electron chi connectivity index (χ2n) is 10.7. The molecule has 0 spiro atoms. The normalized spacial score (nSPS) is 12.4. The van der Waals surface area contributed by atoms with Gasteiger partial charge in [-0.1, -0.05) is 12.1 Å². The Balaban J connectivity index is 1.25. The number of halogens is 6. The Labute approximate surface area is 273 Å². The molecule has 4 aromatic heterocycles. The first-order valence-corrected chi connectivity index (χ1v) is 15.0. The van der Waals surface area contributed by atoms with E-state index in [1.807, 2.05) is 36.4 Å². The molecule has 0 fully saturated rings. The van der Waals surface area contributed by atoms with Gasteiger partial charge in [-0.05, 0) is 73.0 Å². The zero-order valence-electron chi connectivity index (χ0n) is 25.1. The van der Waals surface area contributed by atoms with E-state index in [1.54, 1.807) is 50.7 Å². The molecule has 0 saturated heterocycles. The number of fused-ring (bicyclic) bond motifs is 2. The maximum absolute atomic E-state index is 13.4. The molecule has 0 bridgehead atoms. The van der Waals surface area contributed by atoms with Crippen molar-refractivity contribution in [1.29, 1.82) is 0 Å². The second kappa shape index (κ2) is 12.5. The molecule has 0 aliphatic rings. The van der Waals surface area contributed by atoms with Gasteiger partial charge in [0.2, 0.25) is 5.88 Å². The highest BCUT2D eigenvalue weighted by molar-refractivity contribution is 8.00. The summed E-state index contributed by atoms with van der Waals surface area (Å²) in [5.41, 5.74) is -2.59. The average Bonchev–Trinajstić information content (AvgIpc) is 3.46. The van der Waals surface area contributed by atoms with E-state index < -0.39 is 24.5 Å². The molecule has 48 heavy (non-hydrogen) atoms. The average molecular weight is 686 g/mol. The van der Waals surface area contributed by atoms with E-state index in [9.17, 15) is 31.4 Å². The van der Waals surface area contributed by atoms with Crippen molar-refractivity contribution in [2.24, 2.45) is 0 Å². The minimum absolute atomic E-state index is 0.0102. The van der Waals surface area contributed by atoms with Crippen LogP contribution in [0.4, 0.5) is 43.7 Å². The number of ether oxygens (including phenoxy) is 1. The molecule has 0 aliphatic carbocycles. The summed E-state index contributed by atoms with van der Waals surface area (Å²) in [4.78, 5) is 14.3. The van der Waals surface area contributed by atoms with Crippen LogP contribution in [0.5, 0.6) is 5.88 Å². The van der Waals surface area contributed by atoms with Gasteiger partial charge in [0, 0.05) is 50.8 Å². The van der Waals surface area contributed by atoms with Crippen molar-refractivity contribution < 1.29 is 36.2 Å². The van der Waals surface area contributed by atoms with E-state index in [0.717, 1.165) is 16.0 Å². The maximum Gasteiger partial charge on any atom is 0.428 e. The number of hydrogen-bond acceptors (Lipinski definition) is 9. The molecule has 6 aromatic rings. The lowest BCUT2D eigenvalue weighted by atomic mass is 9.98. The number of anilines is 3. The fourth-order valence-electron chi connectivity index (χ4n) is 5.03. The topological polar surface area (TPSA) is 110 Å². The van der Waals surface area contributed by atoms with Gasteiger partial charge in [-0.2, -0.15) is 36.4 Å². The summed E-state index contributed by atoms with van der Waals surface area (Å²) >= 11 is 1.38. The van der Waals surface area contributed by atoms with Crippen LogP contribution in [0.15, 0.2) is 90.2 Å². The van der Waals surface area contributed by atoms with E-state index in [2.05, 4.69) is 30.1 Å². The number of alkyl halides is 6. The van der Waals surface area contributed by atoms with Crippen molar-refractivity contribution in [1.82, 2.24) is 24.7 Å². The van der Waals surface area contributed by atoms with Gasteiger partial charge in [0.1, 0.15) is 11.6 Å². The van der Waals surface area contributed by atoms with Crippen molar-refractivity contribution in [2.75, 3.05) is 17.1 Å². The molecule has 9 nitrogen and oxygen atoms in total. The van der Waals surface area contributed by atoms with Gasteiger partial charge < -0.3 is 19.9 Å². The van der Waals surface area contributed by atoms with E-state index >= 15 is 0 Å². The third kappa shape index (κ3) is 6.27. The number of methoxy groups -OCH3 is 1. The number of nitrogens with one attached hydrogen (secondary N) is 2. The number of pyridine rings is 3. The van der Waals surface area contributed by atoms with Crippen molar-refractivity contribution in [2.45, 2.75) is 36.3 Å². The number of rotatable bonds is 9. The number of nitrogens with zero attached hydrogens (tertiary/aromatic N) is 5. The van der Waals surface area contributed by atoms with Gasteiger partial charge in [-0.25, -0.2) is 4.98 Å². The minimum Gasteiger partial charge on any atom is -0.481 e. The van der Waals surface area contributed by atoms with Crippen LogP contribution in [-0.4, -0.2) is 54.9 Å². The molecule has 0 amide bonds. The molecule has 0 saturated carbocycles. The van der Waals surface area contributed by atoms with Gasteiger partial charge in [0.25, 0.3) is 5.60 Å². The van der Waals surface area contributed by atoms with E-state index in [0.29, 0.717) is 49.8 Å². The molecular formula is C32H25F6N7O2S.